The Bertz CT molecular complexity index is 964. The number of piperidine rings is 1. The lowest BCUT2D eigenvalue weighted by Gasteiger charge is -2.32. The fourth-order valence-electron chi connectivity index (χ4n) is 3.69. The number of rotatable bonds is 4. The number of halogens is 1. The highest BCUT2D eigenvalue weighted by atomic mass is 35.5. The van der Waals surface area contributed by atoms with Crippen molar-refractivity contribution in [2.45, 2.75) is 25.4 Å². The number of likely N-dealkylation sites (tertiary alicyclic amines) is 1. The molecule has 2 aromatic heterocycles. The van der Waals surface area contributed by atoms with Gasteiger partial charge in [-0.15, -0.1) is 0 Å². The highest BCUT2D eigenvalue weighted by Crippen LogP contribution is 2.27. The van der Waals surface area contributed by atoms with E-state index in [1.54, 1.807) is 6.07 Å². The van der Waals surface area contributed by atoms with Gasteiger partial charge in [-0.25, -0.2) is 4.79 Å². The second-order valence-electron chi connectivity index (χ2n) is 6.82. The second kappa shape index (κ2) is 7.66. The zero-order valence-electron chi connectivity index (χ0n) is 15.1. The highest BCUT2D eigenvalue weighted by Gasteiger charge is 2.23. The normalized spacial score (nSPS) is 15.9. The van der Waals surface area contributed by atoms with Crippen LogP contribution in [-0.4, -0.2) is 45.8 Å². The van der Waals surface area contributed by atoms with Crippen LogP contribution in [0.25, 0.3) is 10.9 Å². The molecule has 3 aromatic rings. The van der Waals surface area contributed by atoms with E-state index in [0.717, 1.165) is 54.0 Å². The minimum absolute atomic E-state index is 0.300. The number of ether oxygens (including phenoxy) is 1. The summed E-state index contributed by atoms with van der Waals surface area (Å²) in [5.74, 6) is -0.397. The van der Waals surface area contributed by atoms with Gasteiger partial charge in [0.1, 0.15) is 0 Å². The zero-order valence-corrected chi connectivity index (χ0v) is 15.9. The zero-order chi connectivity index (χ0) is 18.8. The Balaban J connectivity index is 1.43. The number of esters is 1. The average Bonchev–Trinajstić information content (AvgIpc) is 3.18. The average molecular weight is 385 g/mol. The third kappa shape index (κ3) is 3.82. The molecule has 7 heteroatoms. The topological polar surface area (TPSA) is 60.2 Å². The van der Waals surface area contributed by atoms with Gasteiger partial charge in [0, 0.05) is 42.4 Å². The number of pyridine rings is 1. The molecule has 0 atom stereocenters. The lowest BCUT2D eigenvalue weighted by Crippen LogP contribution is -2.34. The standard InChI is InChI=1S/C20H21ClN4O2/c1-27-20(26)18-6-10-25(23-18)17-4-8-24(9-5-17)13-15-12-16(21)11-14-3-2-7-22-19(14)15/h2-3,6-7,10-12,17H,4-5,8-9,13H2,1H3. The van der Waals surface area contributed by atoms with Crippen LogP contribution < -0.4 is 0 Å². The Morgan fingerprint density at radius 2 is 2.11 bits per heavy atom. The lowest BCUT2D eigenvalue weighted by atomic mass is 10.0. The van der Waals surface area contributed by atoms with Crippen molar-refractivity contribution in [3.8, 4) is 0 Å². The fraction of sp³-hybridized carbons (Fsp3) is 0.350. The summed E-state index contributed by atoms with van der Waals surface area (Å²) in [6.07, 6.45) is 5.64. The van der Waals surface area contributed by atoms with E-state index in [2.05, 4.69) is 15.0 Å². The first kappa shape index (κ1) is 17.9. The first-order chi connectivity index (χ1) is 13.1. The van der Waals surface area contributed by atoms with Gasteiger partial charge in [0.2, 0.25) is 0 Å². The van der Waals surface area contributed by atoms with Crippen molar-refractivity contribution >= 4 is 28.5 Å². The van der Waals surface area contributed by atoms with Crippen LogP contribution in [0.4, 0.5) is 0 Å². The second-order valence-corrected chi connectivity index (χ2v) is 7.26. The monoisotopic (exact) mass is 384 g/mol. The molecule has 1 fully saturated rings. The largest absolute Gasteiger partial charge is 0.464 e. The molecule has 0 saturated carbocycles. The molecule has 1 aliphatic heterocycles. The third-order valence-corrected chi connectivity index (χ3v) is 5.29. The number of benzene rings is 1. The molecule has 0 bridgehead atoms. The Hall–Kier alpha value is -2.44. The predicted octanol–water partition coefficient (Wildman–Crippen LogP) is 3.71. The van der Waals surface area contributed by atoms with E-state index >= 15 is 0 Å². The maximum atomic E-state index is 11.6. The van der Waals surface area contributed by atoms with E-state index in [1.807, 2.05) is 41.3 Å². The first-order valence-electron chi connectivity index (χ1n) is 9.03. The Morgan fingerprint density at radius 3 is 2.89 bits per heavy atom. The van der Waals surface area contributed by atoms with E-state index in [4.69, 9.17) is 16.3 Å². The summed E-state index contributed by atoms with van der Waals surface area (Å²) in [5, 5.41) is 6.18. The van der Waals surface area contributed by atoms with Crippen LogP contribution in [-0.2, 0) is 11.3 Å². The van der Waals surface area contributed by atoms with Crippen molar-refractivity contribution in [3.05, 3.63) is 59.0 Å². The SMILES string of the molecule is COC(=O)c1ccn(C2CCN(Cc3cc(Cl)cc4cccnc34)CC2)n1. The number of methoxy groups -OCH3 is 1. The molecule has 0 radical (unpaired) electrons. The number of nitrogens with zero attached hydrogens (tertiary/aromatic N) is 4. The number of carbonyl (C=O) groups is 1. The predicted molar refractivity (Wildman–Crippen MR) is 104 cm³/mol. The maximum absolute atomic E-state index is 11.6. The summed E-state index contributed by atoms with van der Waals surface area (Å²) in [6.45, 7) is 2.74. The minimum Gasteiger partial charge on any atom is -0.464 e. The minimum atomic E-state index is -0.397. The molecule has 0 N–H and O–H groups in total. The van der Waals surface area contributed by atoms with E-state index in [9.17, 15) is 4.79 Å². The van der Waals surface area contributed by atoms with Gasteiger partial charge in [-0.05, 0) is 42.7 Å². The molecule has 4 rings (SSSR count). The molecule has 1 saturated heterocycles. The molecule has 6 nitrogen and oxygen atoms in total. The highest BCUT2D eigenvalue weighted by molar-refractivity contribution is 6.31. The number of fused-ring (bicyclic) bond motifs is 1. The van der Waals surface area contributed by atoms with Crippen LogP contribution in [0.3, 0.4) is 0 Å². The van der Waals surface area contributed by atoms with Crippen molar-refractivity contribution in [1.82, 2.24) is 19.7 Å². The summed E-state index contributed by atoms with van der Waals surface area (Å²) >= 11 is 6.29. The van der Waals surface area contributed by atoms with Crippen molar-refractivity contribution < 1.29 is 9.53 Å². The number of hydrogen-bond donors (Lipinski definition) is 0. The summed E-state index contributed by atoms with van der Waals surface area (Å²) in [4.78, 5) is 18.5. The van der Waals surface area contributed by atoms with Gasteiger partial charge in [-0.1, -0.05) is 17.7 Å². The van der Waals surface area contributed by atoms with Gasteiger partial charge in [0.05, 0.1) is 18.7 Å². The van der Waals surface area contributed by atoms with Crippen molar-refractivity contribution in [2.24, 2.45) is 0 Å². The number of hydrogen-bond acceptors (Lipinski definition) is 5. The Morgan fingerprint density at radius 1 is 1.30 bits per heavy atom. The van der Waals surface area contributed by atoms with Crippen LogP contribution in [0.5, 0.6) is 0 Å². The molecule has 1 aromatic carbocycles. The molecule has 140 valence electrons. The smallest absolute Gasteiger partial charge is 0.358 e. The molecule has 0 spiro atoms. The van der Waals surface area contributed by atoms with Crippen LogP contribution in [0, 0.1) is 0 Å². The van der Waals surface area contributed by atoms with Crippen LogP contribution in [0.1, 0.15) is 34.9 Å². The van der Waals surface area contributed by atoms with Crippen LogP contribution in [0.2, 0.25) is 5.02 Å². The molecule has 0 unspecified atom stereocenters. The summed E-state index contributed by atoms with van der Waals surface area (Å²) in [5.41, 5.74) is 2.53. The van der Waals surface area contributed by atoms with Crippen LogP contribution >= 0.6 is 11.6 Å². The van der Waals surface area contributed by atoms with Crippen LogP contribution in [0.15, 0.2) is 42.7 Å². The van der Waals surface area contributed by atoms with Gasteiger partial charge in [0.15, 0.2) is 5.69 Å². The van der Waals surface area contributed by atoms with E-state index in [0.29, 0.717) is 11.7 Å². The molecule has 3 heterocycles. The lowest BCUT2D eigenvalue weighted by molar-refractivity contribution is 0.0592. The fourth-order valence-corrected chi connectivity index (χ4v) is 3.94. The first-order valence-corrected chi connectivity index (χ1v) is 9.41. The Labute approximate surface area is 162 Å². The van der Waals surface area contributed by atoms with Gasteiger partial charge in [-0.3, -0.25) is 14.6 Å². The van der Waals surface area contributed by atoms with E-state index < -0.39 is 5.97 Å². The van der Waals surface area contributed by atoms with Gasteiger partial charge in [0.25, 0.3) is 0 Å². The summed E-state index contributed by atoms with van der Waals surface area (Å²) in [7, 11) is 1.37. The van der Waals surface area contributed by atoms with Gasteiger partial charge in [-0.2, -0.15) is 5.10 Å². The van der Waals surface area contributed by atoms with Crippen molar-refractivity contribution in [1.29, 1.82) is 0 Å². The molecular weight excluding hydrogens is 364 g/mol. The van der Waals surface area contributed by atoms with Crippen molar-refractivity contribution in [3.63, 3.8) is 0 Å². The molecule has 1 aliphatic rings. The molecule has 27 heavy (non-hydrogen) atoms. The number of aromatic nitrogens is 3. The third-order valence-electron chi connectivity index (χ3n) is 5.08. The Kier molecular flexibility index (Phi) is 5.09. The van der Waals surface area contributed by atoms with E-state index in [-0.39, 0.29) is 0 Å². The number of carbonyl (C=O) groups excluding carboxylic acids is 1. The van der Waals surface area contributed by atoms with E-state index in [1.165, 1.54) is 7.11 Å². The van der Waals surface area contributed by atoms with Gasteiger partial charge >= 0.3 is 5.97 Å². The maximum Gasteiger partial charge on any atom is 0.358 e. The molecule has 0 aliphatic carbocycles. The van der Waals surface area contributed by atoms with Crippen molar-refractivity contribution in [2.75, 3.05) is 20.2 Å². The molecule has 0 amide bonds. The molecular formula is C20H21ClN4O2. The van der Waals surface area contributed by atoms with Gasteiger partial charge < -0.3 is 4.74 Å². The quantitative estimate of drug-likeness (QED) is 0.642. The summed E-state index contributed by atoms with van der Waals surface area (Å²) in [6, 6.07) is 9.95. The summed E-state index contributed by atoms with van der Waals surface area (Å²) < 4.78 is 6.61.